The lowest BCUT2D eigenvalue weighted by molar-refractivity contribution is 0.220. The summed E-state index contributed by atoms with van der Waals surface area (Å²) in [6, 6.07) is 0. The molecule has 10 heavy (non-hydrogen) atoms. The fourth-order valence-corrected chi connectivity index (χ4v) is 0.816. The van der Waals surface area contributed by atoms with Crippen LogP contribution in [0.2, 0.25) is 0 Å². The van der Waals surface area contributed by atoms with E-state index in [0.717, 1.165) is 18.4 Å². The number of hydrogen-bond donors (Lipinski definition) is 0. The first-order valence-corrected chi connectivity index (χ1v) is 4.11. The molecule has 1 heteroatoms. The van der Waals surface area contributed by atoms with E-state index in [2.05, 4.69) is 13.0 Å². The van der Waals surface area contributed by atoms with E-state index in [1.54, 1.807) is 0 Å². The van der Waals surface area contributed by atoms with E-state index < -0.39 is 0 Å². The third-order valence-electron chi connectivity index (χ3n) is 1.63. The molecule has 0 aliphatic rings. The molecule has 0 aromatic carbocycles. The monoisotopic (exact) mass is 141 g/mol. The summed E-state index contributed by atoms with van der Waals surface area (Å²) >= 11 is 0. The SMILES string of the molecule is CCCC/C=C(\CC)C[O]. The molecule has 0 N–H and O–H groups in total. The highest BCUT2D eigenvalue weighted by atomic mass is 16.3. The van der Waals surface area contributed by atoms with E-state index in [1.165, 1.54) is 12.8 Å². The minimum Gasteiger partial charge on any atom is -0.232 e. The zero-order valence-electron chi connectivity index (χ0n) is 7.02. The third-order valence-corrected chi connectivity index (χ3v) is 1.63. The first-order valence-electron chi connectivity index (χ1n) is 4.11. The fraction of sp³-hybridized carbons (Fsp3) is 0.778. The molecule has 1 radical (unpaired) electrons. The van der Waals surface area contributed by atoms with Gasteiger partial charge in [-0.1, -0.05) is 32.8 Å². The second kappa shape index (κ2) is 6.81. The van der Waals surface area contributed by atoms with E-state index in [4.69, 9.17) is 0 Å². The Morgan fingerprint density at radius 1 is 1.40 bits per heavy atom. The number of unbranched alkanes of at least 4 members (excludes halogenated alkanes) is 2. The van der Waals surface area contributed by atoms with Crippen LogP contribution in [0.4, 0.5) is 0 Å². The Kier molecular flexibility index (Phi) is 6.61. The van der Waals surface area contributed by atoms with E-state index >= 15 is 0 Å². The van der Waals surface area contributed by atoms with Crippen LogP contribution in [0.1, 0.15) is 39.5 Å². The Morgan fingerprint density at radius 2 is 2.10 bits per heavy atom. The molecule has 0 amide bonds. The van der Waals surface area contributed by atoms with Crippen LogP contribution < -0.4 is 0 Å². The van der Waals surface area contributed by atoms with Crippen molar-refractivity contribution in [2.45, 2.75) is 39.5 Å². The Hall–Kier alpha value is -0.300. The predicted molar refractivity (Wildman–Crippen MR) is 43.5 cm³/mol. The maximum absolute atomic E-state index is 10.4. The van der Waals surface area contributed by atoms with Crippen molar-refractivity contribution in [3.05, 3.63) is 11.6 Å². The number of hydrogen-bond acceptors (Lipinski definition) is 0. The van der Waals surface area contributed by atoms with Crippen LogP contribution in [0.3, 0.4) is 0 Å². The summed E-state index contributed by atoms with van der Waals surface area (Å²) < 4.78 is 0. The highest BCUT2D eigenvalue weighted by Gasteiger charge is 1.89. The van der Waals surface area contributed by atoms with Crippen LogP contribution in [-0.2, 0) is 5.11 Å². The lowest BCUT2D eigenvalue weighted by atomic mass is 10.1. The van der Waals surface area contributed by atoms with Crippen molar-refractivity contribution < 1.29 is 5.11 Å². The number of allylic oxidation sites excluding steroid dienone is 1. The second-order valence-electron chi connectivity index (χ2n) is 2.50. The Labute approximate surface area is 63.8 Å². The average molecular weight is 141 g/mol. The van der Waals surface area contributed by atoms with Crippen molar-refractivity contribution in [3.63, 3.8) is 0 Å². The maximum atomic E-state index is 10.4. The lowest BCUT2D eigenvalue weighted by Gasteiger charge is -1.96. The smallest absolute Gasteiger partial charge is 0.103 e. The minimum atomic E-state index is -0.0137. The van der Waals surface area contributed by atoms with Gasteiger partial charge in [-0.15, -0.1) is 0 Å². The average Bonchev–Trinajstić information content (AvgIpc) is 1.99. The Morgan fingerprint density at radius 3 is 2.50 bits per heavy atom. The first kappa shape index (κ1) is 9.70. The van der Waals surface area contributed by atoms with Gasteiger partial charge in [0.2, 0.25) is 0 Å². The van der Waals surface area contributed by atoms with Crippen LogP contribution in [0.15, 0.2) is 11.6 Å². The highest BCUT2D eigenvalue weighted by Crippen LogP contribution is 2.03. The van der Waals surface area contributed by atoms with Crippen molar-refractivity contribution in [1.29, 1.82) is 0 Å². The summed E-state index contributed by atoms with van der Waals surface area (Å²) in [6.07, 6.45) is 6.53. The van der Waals surface area contributed by atoms with Gasteiger partial charge in [-0.05, 0) is 18.4 Å². The van der Waals surface area contributed by atoms with Gasteiger partial charge in [0.1, 0.15) is 6.61 Å². The molecule has 0 aliphatic heterocycles. The van der Waals surface area contributed by atoms with Gasteiger partial charge in [0.15, 0.2) is 0 Å². The van der Waals surface area contributed by atoms with E-state index in [9.17, 15) is 5.11 Å². The molecule has 0 rings (SSSR count). The topological polar surface area (TPSA) is 19.9 Å². The fourth-order valence-electron chi connectivity index (χ4n) is 0.816. The van der Waals surface area contributed by atoms with Crippen molar-refractivity contribution >= 4 is 0 Å². The van der Waals surface area contributed by atoms with Gasteiger partial charge in [-0.3, -0.25) is 0 Å². The molecule has 0 heterocycles. The first-order chi connectivity index (χ1) is 4.85. The van der Waals surface area contributed by atoms with Crippen molar-refractivity contribution in [2.24, 2.45) is 0 Å². The molecule has 59 valence electrons. The van der Waals surface area contributed by atoms with Crippen molar-refractivity contribution in [2.75, 3.05) is 6.61 Å². The molecule has 0 saturated carbocycles. The van der Waals surface area contributed by atoms with Gasteiger partial charge in [0, 0.05) is 0 Å². The largest absolute Gasteiger partial charge is 0.232 e. The van der Waals surface area contributed by atoms with Crippen LogP contribution >= 0.6 is 0 Å². The Balaban J connectivity index is 3.43. The van der Waals surface area contributed by atoms with Crippen LogP contribution in [0, 0.1) is 0 Å². The highest BCUT2D eigenvalue weighted by molar-refractivity contribution is 5.00. The van der Waals surface area contributed by atoms with Crippen LogP contribution in [0.5, 0.6) is 0 Å². The van der Waals surface area contributed by atoms with E-state index in [0.29, 0.717) is 0 Å². The standard InChI is InChI=1S/C9H17O/c1-3-5-6-7-9(4-2)8-10/h7H,3-6,8H2,1-2H3/b9-7+. The lowest BCUT2D eigenvalue weighted by Crippen LogP contribution is -1.85. The third kappa shape index (κ3) is 4.57. The zero-order chi connectivity index (χ0) is 7.82. The van der Waals surface area contributed by atoms with Crippen molar-refractivity contribution in [3.8, 4) is 0 Å². The van der Waals surface area contributed by atoms with Crippen LogP contribution in [-0.4, -0.2) is 6.61 Å². The second-order valence-corrected chi connectivity index (χ2v) is 2.50. The van der Waals surface area contributed by atoms with Crippen molar-refractivity contribution in [1.82, 2.24) is 0 Å². The molecule has 0 spiro atoms. The summed E-state index contributed by atoms with van der Waals surface area (Å²) in [5.74, 6) is 0. The molecule has 0 fully saturated rings. The van der Waals surface area contributed by atoms with Gasteiger partial charge < -0.3 is 0 Å². The summed E-state index contributed by atoms with van der Waals surface area (Å²) in [6.45, 7) is 4.19. The molecule has 0 aromatic rings. The summed E-state index contributed by atoms with van der Waals surface area (Å²) in [5.41, 5.74) is 1.06. The summed E-state index contributed by atoms with van der Waals surface area (Å²) in [7, 11) is 0. The van der Waals surface area contributed by atoms with Gasteiger partial charge in [-0.25, -0.2) is 5.11 Å². The minimum absolute atomic E-state index is 0.0137. The quantitative estimate of drug-likeness (QED) is 0.414. The molecule has 0 aliphatic carbocycles. The Bertz CT molecular complexity index is 88.9. The molecule has 0 bridgehead atoms. The zero-order valence-corrected chi connectivity index (χ0v) is 7.02. The molecule has 0 saturated heterocycles. The summed E-state index contributed by atoms with van der Waals surface area (Å²) in [5, 5.41) is 10.4. The molecular weight excluding hydrogens is 124 g/mol. The number of rotatable bonds is 5. The molecule has 1 nitrogen and oxygen atoms in total. The predicted octanol–water partition coefficient (Wildman–Crippen LogP) is 2.94. The maximum Gasteiger partial charge on any atom is 0.103 e. The molecule has 0 unspecified atom stereocenters. The van der Waals surface area contributed by atoms with Gasteiger partial charge in [0.05, 0.1) is 0 Å². The normalized spacial score (nSPS) is 12.1. The van der Waals surface area contributed by atoms with Gasteiger partial charge >= 0.3 is 0 Å². The van der Waals surface area contributed by atoms with Crippen LogP contribution in [0.25, 0.3) is 0 Å². The van der Waals surface area contributed by atoms with Gasteiger partial charge in [0.25, 0.3) is 0 Å². The molecular formula is C9H17O. The molecule has 0 atom stereocenters. The molecule has 0 aromatic heterocycles. The van der Waals surface area contributed by atoms with Gasteiger partial charge in [-0.2, -0.15) is 0 Å². The van der Waals surface area contributed by atoms with E-state index in [1.807, 2.05) is 6.92 Å². The van der Waals surface area contributed by atoms with E-state index in [-0.39, 0.29) is 6.61 Å². The summed E-state index contributed by atoms with van der Waals surface area (Å²) in [4.78, 5) is 0.